The fourth-order valence-corrected chi connectivity index (χ4v) is 3.41. The Morgan fingerprint density at radius 2 is 2.17 bits per heavy atom. The van der Waals surface area contributed by atoms with Crippen molar-refractivity contribution >= 4 is 0 Å². The van der Waals surface area contributed by atoms with Gasteiger partial charge in [0.15, 0.2) is 0 Å². The van der Waals surface area contributed by atoms with Gasteiger partial charge in [-0.2, -0.15) is 0 Å². The van der Waals surface area contributed by atoms with E-state index in [4.69, 9.17) is 9.47 Å². The second kappa shape index (κ2) is 6.69. The van der Waals surface area contributed by atoms with Crippen LogP contribution in [0.5, 0.6) is 5.88 Å². The van der Waals surface area contributed by atoms with Gasteiger partial charge < -0.3 is 14.8 Å². The molecule has 0 spiro atoms. The molecule has 0 radical (unpaired) electrons. The molecule has 4 rings (SSSR count). The van der Waals surface area contributed by atoms with E-state index < -0.39 is 0 Å². The van der Waals surface area contributed by atoms with Gasteiger partial charge in [0, 0.05) is 31.3 Å². The van der Waals surface area contributed by atoms with E-state index in [1.165, 1.54) is 29.5 Å². The molecule has 2 aliphatic rings. The highest BCUT2D eigenvalue weighted by molar-refractivity contribution is 5.34. The smallest absolute Gasteiger partial charge is 0.213 e. The zero-order chi connectivity index (χ0) is 15.5. The fourth-order valence-electron chi connectivity index (χ4n) is 3.41. The van der Waals surface area contributed by atoms with Gasteiger partial charge in [-0.15, -0.1) is 0 Å². The van der Waals surface area contributed by atoms with Gasteiger partial charge in [0.05, 0.1) is 13.2 Å². The second-order valence-electron chi connectivity index (χ2n) is 6.28. The van der Waals surface area contributed by atoms with Crippen LogP contribution in [0.1, 0.15) is 35.6 Å². The summed E-state index contributed by atoms with van der Waals surface area (Å²) in [4.78, 5) is 4.31. The van der Waals surface area contributed by atoms with Crippen molar-refractivity contribution in [2.75, 3.05) is 13.2 Å². The van der Waals surface area contributed by atoms with Crippen molar-refractivity contribution in [1.82, 2.24) is 10.3 Å². The van der Waals surface area contributed by atoms with Gasteiger partial charge in [-0.25, -0.2) is 4.98 Å². The number of rotatable bonds is 5. The molecule has 0 amide bonds. The van der Waals surface area contributed by atoms with E-state index in [1.807, 2.05) is 18.3 Å². The van der Waals surface area contributed by atoms with Crippen LogP contribution in [0.2, 0.25) is 0 Å². The number of hydrogen-bond acceptors (Lipinski definition) is 4. The predicted molar refractivity (Wildman–Crippen MR) is 88.4 cm³/mol. The van der Waals surface area contributed by atoms with Gasteiger partial charge in [-0.1, -0.05) is 24.3 Å². The van der Waals surface area contributed by atoms with Crippen molar-refractivity contribution in [2.24, 2.45) is 0 Å². The van der Waals surface area contributed by atoms with Crippen LogP contribution < -0.4 is 10.1 Å². The van der Waals surface area contributed by atoms with Crippen molar-refractivity contribution in [1.29, 1.82) is 0 Å². The quantitative estimate of drug-likeness (QED) is 0.922. The normalized spacial score (nSPS) is 23.0. The Balaban J connectivity index is 1.38. The average Bonchev–Trinajstić information content (AvgIpc) is 3.23. The molecule has 1 aliphatic heterocycles. The van der Waals surface area contributed by atoms with Gasteiger partial charge in [0.2, 0.25) is 5.88 Å². The number of fused-ring (bicyclic) bond motifs is 1. The van der Waals surface area contributed by atoms with Gasteiger partial charge in [0.1, 0.15) is 6.10 Å². The molecule has 2 atom stereocenters. The first-order valence-corrected chi connectivity index (χ1v) is 8.39. The van der Waals surface area contributed by atoms with Crippen LogP contribution in [0.4, 0.5) is 0 Å². The molecule has 1 fully saturated rings. The Kier molecular flexibility index (Phi) is 4.26. The minimum absolute atomic E-state index is 0.146. The topological polar surface area (TPSA) is 43.4 Å². The summed E-state index contributed by atoms with van der Waals surface area (Å²) in [5.74, 6) is 0.701. The van der Waals surface area contributed by atoms with Crippen molar-refractivity contribution in [3.8, 4) is 5.88 Å². The van der Waals surface area contributed by atoms with Crippen LogP contribution in [0.15, 0.2) is 42.6 Å². The highest BCUT2D eigenvalue weighted by Crippen LogP contribution is 2.31. The number of hydrogen-bond donors (Lipinski definition) is 1. The standard InChI is InChI=1S/C19H22N2O2/c1-2-4-17-15(3-1)5-6-18(17)21-12-14-7-9-20-19(11-14)23-16-8-10-22-13-16/h1-4,7,9,11,16,18,21H,5-6,8,10,12-13H2. The highest BCUT2D eigenvalue weighted by Gasteiger charge is 2.21. The monoisotopic (exact) mass is 310 g/mol. The largest absolute Gasteiger partial charge is 0.472 e. The Hall–Kier alpha value is -1.91. The predicted octanol–water partition coefficient (Wildman–Crippen LogP) is 3.03. The average molecular weight is 310 g/mol. The minimum atomic E-state index is 0.146. The van der Waals surface area contributed by atoms with E-state index in [9.17, 15) is 0 Å². The third kappa shape index (κ3) is 3.38. The van der Waals surface area contributed by atoms with Gasteiger partial charge in [-0.3, -0.25) is 0 Å². The summed E-state index contributed by atoms with van der Waals surface area (Å²) in [5, 5.41) is 3.67. The van der Waals surface area contributed by atoms with Gasteiger partial charge >= 0.3 is 0 Å². The van der Waals surface area contributed by atoms with E-state index in [-0.39, 0.29) is 6.10 Å². The third-order valence-corrected chi connectivity index (χ3v) is 4.66. The van der Waals surface area contributed by atoms with Gasteiger partial charge in [0.25, 0.3) is 0 Å². The van der Waals surface area contributed by atoms with E-state index in [0.717, 1.165) is 19.6 Å². The molecule has 23 heavy (non-hydrogen) atoms. The minimum Gasteiger partial charge on any atom is -0.472 e. The first-order chi connectivity index (χ1) is 11.4. The Bertz CT molecular complexity index is 668. The zero-order valence-electron chi connectivity index (χ0n) is 13.2. The van der Waals surface area contributed by atoms with Crippen LogP contribution in [-0.4, -0.2) is 24.3 Å². The summed E-state index contributed by atoms with van der Waals surface area (Å²) in [6.45, 7) is 2.29. The third-order valence-electron chi connectivity index (χ3n) is 4.66. The van der Waals surface area contributed by atoms with Gasteiger partial charge in [-0.05, 0) is 35.6 Å². The van der Waals surface area contributed by atoms with Crippen LogP contribution in [0.3, 0.4) is 0 Å². The molecule has 2 heterocycles. The molecule has 2 unspecified atom stereocenters. The lowest BCUT2D eigenvalue weighted by Crippen LogP contribution is -2.19. The number of nitrogens with zero attached hydrogens (tertiary/aromatic N) is 1. The van der Waals surface area contributed by atoms with Crippen molar-refractivity contribution in [3.05, 3.63) is 59.3 Å². The van der Waals surface area contributed by atoms with E-state index in [1.54, 1.807) is 0 Å². The molecule has 4 heteroatoms. The maximum atomic E-state index is 5.88. The Morgan fingerprint density at radius 3 is 3.09 bits per heavy atom. The summed E-state index contributed by atoms with van der Waals surface area (Å²) >= 11 is 0. The Labute approximate surface area is 136 Å². The van der Waals surface area contributed by atoms with E-state index in [0.29, 0.717) is 18.5 Å². The molecule has 1 aromatic heterocycles. The second-order valence-corrected chi connectivity index (χ2v) is 6.28. The maximum Gasteiger partial charge on any atom is 0.213 e. The lowest BCUT2D eigenvalue weighted by Gasteiger charge is -2.15. The number of pyridine rings is 1. The van der Waals surface area contributed by atoms with Crippen LogP contribution in [0, 0.1) is 0 Å². The van der Waals surface area contributed by atoms with Crippen LogP contribution in [-0.2, 0) is 17.7 Å². The fraction of sp³-hybridized carbons (Fsp3) is 0.421. The lowest BCUT2D eigenvalue weighted by atomic mass is 10.1. The lowest BCUT2D eigenvalue weighted by molar-refractivity contribution is 0.138. The molecule has 1 aromatic carbocycles. The summed E-state index contributed by atoms with van der Waals surface area (Å²) in [6.07, 6.45) is 5.26. The summed E-state index contributed by atoms with van der Waals surface area (Å²) < 4.78 is 11.2. The number of aromatic nitrogens is 1. The molecular weight excluding hydrogens is 288 g/mol. The maximum absolute atomic E-state index is 5.88. The molecule has 1 N–H and O–H groups in total. The van der Waals surface area contributed by atoms with E-state index >= 15 is 0 Å². The number of nitrogens with one attached hydrogen (secondary N) is 1. The van der Waals surface area contributed by atoms with E-state index in [2.05, 4.69) is 34.6 Å². The molecule has 2 aromatic rings. The molecular formula is C19H22N2O2. The first-order valence-electron chi connectivity index (χ1n) is 8.39. The molecule has 4 nitrogen and oxygen atoms in total. The molecule has 0 bridgehead atoms. The summed E-state index contributed by atoms with van der Waals surface area (Å²) in [6, 6.07) is 13.3. The van der Waals surface area contributed by atoms with Crippen LogP contribution in [0.25, 0.3) is 0 Å². The molecule has 1 saturated heterocycles. The summed E-state index contributed by atoms with van der Waals surface area (Å²) in [7, 11) is 0. The number of benzene rings is 1. The Morgan fingerprint density at radius 1 is 1.22 bits per heavy atom. The van der Waals surface area contributed by atoms with Crippen LogP contribution >= 0.6 is 0 Å². The molecule has 1 aliphatic carbocycles. The first kappa shape index (κ1) is 14.7. The zero-order valence-corrected chi connectivity index (χ0v) is 13.2. The van der Waals surface area contributed by atoms with Crippen molar-refractivity contribution in [2.45, 2.75) is 38.0 Å². The highest BCUT2D eigenvalue weighted by atomic mass is 16.5. The summed E-state index contributed by atoms with van der Waals surface area (Å²) in [5.41, 5.74) is 4.13. The van der Waals surface area contributed by atoms with Crippen molar-refractivity contribution < 1.29 is 9.47 Å². The molecule has 120 valence electrons. The SMILES string of the molecule is c1ccc2c(c1)CCC2NCc1ccnc(OC2CCOC2)c1. The number of ether oxygens (including phenoxy) is 2. The number of aryl methyl sites for hydroxylation is 1. The van der Waals surface area contributed by atoms with Crippen molar-refractivity contribution in [3.63, 3.8) is 0 Å². The molecule has 0 saturated carbocycles.